The molecule has 0 atom stereocenters. The van der Waals surface area contributed by atoms with Gasteiger partial charge in [-0.25, -0.2) is 4.79 Å². The van der Waals surface area contributed by atoms with Gasteiger partial charge in [0.2, 0.25) is 0 Å². The molecule has 1 aliphatic rings. The first kappa shape index (κ1) is 17.9. The van der Waals surface area contributed by atoms with Crippen LogP contribution in [-0.4, -0.2) is 31.1 Å². The van der Waals surface area contributed by atoms with Gasteiger partial charge in [-0.2, -0.15) is 8.78 Å². The molecule has 7 heteroatoms. The molecule has 1 N–H and O–H groups in total. The largest absolute Gasteiger partial charge is 0.452 e. The fourth-order valence-electron chi connectivity index (χ4n) is 2.45. The number of esters is 1. The molecular formula is C17H19F2NO4. The Morgan fingerprint density at radius 1 is 1.21 bits per heavy atom. The van der Waals surface area contributed by atoms with Gasteiger partial charge in [0.05, 0.1) is 0 Å². The summed E-state index contributed by atoms with van der Waals surface area (Å²) in [5.41, 5.74) is 0.615. The summed E-state index contributed by atoms with van der Waals surface area (Å²) >= 11 is 0. The number of halogens is 2. The predicted molar refractivity (Wildman–Crippen MR) is 83.5 cm³/mol. The lowest BCUT2D eigenvalue weighted by atomic mass is 10.2. The SMILES string of the molecule is O=C(COC(=O)C=Cc1ccc(OC(F)F)cc1)NC1CCCC1. The molecule has 0 heterocycles. The van der Waals surface area contributed by atoms with Crippen molar-refractivity contribution in [3.05, 3.63) is 35.9 Å². The number of alkyl halides is 2. The van der Waals surface area contributed by atoms with E-state index in [0.29, 0.717) is 5.56 Å². The number of amides is 1. The number of hydrogen-bond donors (Lipinski definition) is 1. The maximum atomic E-state index is 12.0. The minimum absolute atomic E-state index is 0.0355. The Kier molecular flexibility index (Phi) is 6.72. The van der Waals surface area contributed by atoms with E-state index in [-0.39, 0.29) is 24.3 Å². The average molecular weight is 339 g/mol. The third-order valence-electron chi connectivity index (χ3n) is 3.58. The zero-order valence-corrected chi connectivity index (χ0v) is 13.0. The molecule has 2 rings (SSSR count). The average Bonchev–Trinajstić information content (AvgIpc) is 3.04. The highest BCUT2D eigenvalue weighted by Crippen LogP contribution is 2.17. The van der Waals surface area contributed by atoms with Gasteiger partial charge in [-0.05, 0) is 36.6 Å². The Hall–Kier alpha value is -2.44. The Labute approximate surface area is 138 Å². The Morgan fingerprint density at radius 3 is 2.50 bits per heavy atom. The van der Waals surface area contributed by atoms with Gasteiger partial charge in [0.15, 0.2) is 6.61 Å². The Bertz CT molecular complexity index is 581. The van der Waals surface area contributed by atoms with Crippen molar-refractivity contribution in [2.45, 2.75) is 38.3 Å². The molecule has 0 spiro atoms. The maximum Gasteiger partial charge on any atom is 0.387 e. The highest BCUT2D eigenvalue weighted by molar-refractivity contribution is 5.89. The number of rotatable bonds is 7. The predicted octanol–water partition coefficient (Wildman–Crippen LogP) is 2.90. The zero-order valence-electron chi connectivity index (χ0n) is 13.0. The lowest BCUT2D eigenvalue weighted by molar-refractivity contribution is -0.144. The van der Waals surface area contributed by atoms with Crippen LogP contribution in [0.15, 0.2) is 30.3 Å². The minimum atomic E-state index is -2.88. The number of nitrogens with one attached hydrogen (secondary N) is 1. The van der Waals surface area contributed by atoms with E-state index in [0.717, 1.165) is 25.7 Å². The van der Waals surface area contributed by atoms with Crippen molar-refractivity contribution in [2.24, 2.45) is 0 Å². The highest BCUT2D eigenvalue weighted by Gasteiger charge is 2.17. The summed E-state index contributed by atoms with van der Waals surface area (Å²) < 4.78 is 33.1. The summed E-state index contributed by atoms with van der Waals surface area (Å²) in [6, 6.07) is 5.96. The van der Waals surface area contributed by atoms with Crippen molar-refractivity contribution in [1.29, 1.82) is 0 Å². The number of carbonyl (C=O) groups is 2. The number of carbonyl (C=O) groups excluding carboxylic acids is 2. The van der Waals surface area contributed by atoms with Crippen molar-refractivity contribution < 1.29 is 27.8 Å². The van der Waals surface area contributed by atoms with E-state index >= 15 is 0 Å². The van der Waals surface area contributed by atoms with Crippen LogP contribution in [0, 0.1) is 0 Å². The van der Waals surface area contributed by atoms with E-state index in [1.54, 1.807) is 0 Å². The second-order valence-corrected chi connectivity index (χ2v) is 5.44. The van der Waals surface area contributed by atoms with Crippen LogP contribution in [0.5, 0.6) is 5.75 Å². The van der Waals surface area contributed by atoms with Gasteiger partial charge in [0.1, 0.15) is 5.75 Å². The second kappa shape index (κ2) is 9.00. The van der Waals surface area contributed by atoms with Gasteiger partial charge in [-0.1, -0.05) is 25.0 Å². The highest BCUT2D eigenvalue weighted by atomic mass is 19.3. The van der Waals surface area contributed by atoms with Crippen molar-refractivity contribution in [3.63, 3.8) is 0 Å². The van der Waals surface area contributed by atoms with E-state index in [9.17, 15) is 18.4 Å². The molecule has 0 saturated heterocycles. The Balaban J connectivity index is 1.72. The number of ether oxygens (including phenoxy) is 2. The topological polar surface area (TPSA) is 64.6 Å². The summed E-state index contributed by atoms with van der Waals surface area (Å²) in [6.45, 7) is -3.20. The van der Waals surface area contributed by atoms with Gasteiger partial charge >= 0.3 is 12.6 Å². The van der Waals surface area contributed by atoms with Gasteiger partial charge in [-0.3, -0.25) is 4.79 Å². The first-order chi connectivity index (χ1) is 11.5. The van der Waals surface area contributed by atoms with Crippen LogP contribution in [-0.2, 0) is 14.3 Å². The van der Waals surface area contributed by atoms with Crippen LogP contribution in [0.1, 0.15) is 31.2 Å². The van der Waals surface area contributed by atoms with Gasteiger partial charge in [-0.15, -0.1) is 0 Å². The lowest BCUT2D eigenvalue weighted by Gasteiger charge is -2.11. The molecule has 1 aromatic rings. The minimum Gasteiger partial charge on any atom is -0.452 e. The van der Waals surface area contributed by atoms with Crippen molar-refractivity contribution in [3.8, 4) is 5.75 Å². The first-order valence-corrected chi connectivity index (χ1v) is 7.72. The smallest absolute Gasteiger partial charge is 0.387 e. The molecule has 24 heavy (non-hydrogen) atoms. The molecule has 1 aliphatic carbocycles. The molecule has 0 bridgehead atoms. The second-order valence-electron chi connectivity index (χ2n) is 5.44. The van der Waals surface area contributed by atoms with Gasteiger partial charge in [0.25, 0.3) is 5.91 Å². The van der Waals surface area contributed by atoms with Crippen LogP contribution >= 0.6 is 0 Å². The third-order valence-corrected chi connectivity index (χ3v) is 3.58. The summed E-state index contributed by atoms with van der Waals surface area (Å²) in [4.78, 5) is 23.2. The van der Waals surface area contributed by atoms with E-state index < -0.39 is 12.6 Å². The van der Waals surface area contributed by atoms with Crippen LogP contribution in [0.4, 0.5) is 8.78 Å². The quantitative estimate of drug-likeness (QED) is 0.613. The maximum absolute atomic E-state index is 12.0. The fourth-order valence-corrected chi connectivity index (χ4v) is 2.45. The standard InChI is InChI=1S/C17H19F2NO4/c18-17(19)24-14-8-5-12(6-9-14)7-10-16(22)23-11-15(21)20-13-3-1-2-4-13/h5-10,13,17H,1-4,11H2,(H,20,21). The first-order valence-electron chi connectivity index (χ1n) is 7.72. The van der Waals surface area contributed by atoms with Gasteiger partial charge < -0.3 is 14.8 Å². The molecule has 1 saturated carbocycles. The third kappa shape index (κ3) is 6.36. The molecule has 0 radical (unpaired) electrons. The number of benzene rings is 1. The Morgan fingerprint density at radius 2 is 1.88 bits per heavy atom. The summed E-state index contributed by atoms with van der Waals surface area (Å²) in [5, 5.41) is 2.81. The van der Waals surface area contributed by atoms with Gasteiger partial charge in [0, 0.05) is 12.1 Å². The summed E-state index contributed by atoms with van der Waals surface area (Å²) in [7, 11) is 0. The normalized spacial score (nSPS) is 15.0. The molecule has 0 aromatic heterocycles. The van der Waals surface area contributed by atoms with E-state index in [2.05, 4.69) is 10.1 Å². The molecule has 130 valence electrons. The van der Waals surface area contributed by atoms with Crippen LogP contribution < -0.4 is 10.1 Å². The lowest BCUT2D eigenvalue weighted by Crippen LogP contribution is -2.35. The van der Waals surface area contributed by atoms with Crippen molar-refractivity contribution in [2.75, 3.05) is 6.61 Å². The van der Waals surface area contributed by atoms with Crippen molar-refractivity contribution >= 4 is 18.0 Å². The molecular weight excluding hydrogens is 320 g/mol. The van der Waals surface area contributed by atoms with E-state index in [4.69, 9.17) is 4.74 Å². The van der Waals surface area contributed by atoms with E-state index in [1.165, 1.54) is 36.4 Å². The zero-order chi connectivity index (χ0) is 17.4. The molecule has 1 amide bonds. The molecule has 0 aliphatic heterocycles. The molecule has 1 aromatic carbocycles. The van der Waals surface area contributed by atoms with Crippen LogP contribution in [0.3, 0.4) is 0 Å². The van der Waals surface area contributed by atoms with Crippen LogP contribution in [0.25, 0.3) is 6.08 Å². The molecule has 0 unspecified atom stereocenters. The molecule has 1 fully saturated rings. The van der Waals surface area contributed by atoms with Crippen molar-refractivity contribution in [1.82, 2.24) is 5.32 Å². The fraction of sp³-hybridized carbons (Fsp3) is 0.412. The summed E-state index contributed by atoms with van der Waals surface area (Å²) in [5.74, 6) is -0.921. The summed E-state index contributed by atoms with van der Waals surface area (Å²) in [6.07, 6.45) is 6.77. The number of hydrogen-bond acceptors (Lipinski definition) is 4. The van der Waals surface area contributed by atoms with Crippen LogP contribution in [0.2, 0.25) is 0 Å². The monoisotopic (exact) mass is 339 g/mol. The molecule has 5 nitrogen and oxygen atoms in total. The van der Waals surface area contributed by atoms with E-state index in [1.807, 2.05) is 0 Å².